The van der Waals surface area contributed by atoms with Gasteiger partial charge in [-0.15, -0.1) is 0 Å². The van der Waals surface area contributed by atoms with Crippen LogP contribution >= 0.6 is 22.9 Å². The number of thiazole rings is 1. The molecule has 1 aromatic carbocycles. The summed E-state index contributed by atoms with van der Waals surface area (Å²) in [5.41, 5.74) is 1.02. The van der Waals surface area contributed by atoms with E-state index in [1.54, 1.807) is 0 Å². The highest BCUT2D eigenvalue weighted by Crippen LogP contribution is 2.26. The zero-order valence-corrected chi connectivity index (χ0v) is 16.8. The lowest BCUT2D eigenvalue weighted by Crippen LogP contribution is -2.37. The zero-order chi connectivity index (χ0) is 20.2. The third-order valence-corrected chi connectivity index (χ3v) is 5.62. The van der Waals surface area contributed by atoms with Crippen LogP contribution in [0.1, 0.15) is 5.56 Å². The first kappa shape index (κ1) is 18.4. The van der Waals surface area contributed by atoms with Gasteiger partial charge in [-0.2, -0.15) is 4.98 Å². The molecule has 0 spiro atoms. The van der Waals surface area contributed by atoms with Gasteiger partial charge in [0.1, 0.15) is 6.54 Å². The van der Waals surface area contributed by atoms with Gasteiger partial charge >= 0.3 is 5.69 Å². The number of hydrogen-bond donors (Lipinski definition) is 1. The summed E-state index contributed by atoms with van der Waals surface area (Å²) in [5.74, 6) is -0.409. The standard InChI is InChI=1S/C17H15ClN6O3S/c1-8-4-5-9-10(6-8)28-16(19-9)20-11(25)7-24-12-13(21-15(24)18)22(2)17(27)23(3)14(12)26/h4-6H,7H2,1-3H3,(H,19,20,25). The Hall–Kier alpha value is -2.98. The maximum atomic E-state index is 12.5. The van der Waals surface area contributed by atoms with Gasteiger partial charge in [0.05, 0.1) is 10.2 Å². The largest absolute Gasteiger partial charge is 0.332 e. The molecule has 0 unspecified atom stereocenters. The monoisotopic (exact) mass is 418 g/mol. The lowest BCUT2D eigenvalue weighted by molar-refractivity contribution is -0.116. The van der Waals surface area contributed by atoms with Crippen LogP contribution in [0.25, 0.3) is 21.4 Å². The number of halogens is 1. The number of amides is 1. The van der Waals surface area contributed by atoms with Gasteiger partial charge in [-0.05, 0) is 36.2 Å². The number of benzene rings is 1. The fraction of sp³-hybridized carbons (Fsp3) is 0.235. The number of carbonyl (C=O) groups excluding carboxylic acids is 1. The molecule has 11 heteroatoms. The number of rotatable bonds is 3. The van der Waals surface area contributed by atoms with Crippen LogP contribution in [-0.2, 0) is 25.4 Å². The second-order valence-corrected chi connectivity index (χ2v) is 7.75. The number of imidazole rings is 1. The Kier molecular flexibility index (Phi) is 4.31. The molecule has 144 valence electrons. The summed E-state index contributed by atoms with van der Waals surface area (Å²) in [6.07, 6.45) is 0. The summed E-state index contributed by atoms with van der Waals surface area (Å²) in [7, 11) is 2.85. The van der Waals surface area contributed by atoms with Crippen molar-refractivity contribution in [3.8, 4) is 0 Å². The molecule has 1 N–H and O–H groups in total. The molecule has 3 heterocycles. The van der Waals surface area contributed by atoms with E-state index in [0.29, 0.717) is 5.13 Å². The van der Waals surface area contributed by atoms with Gasteiger partial charge in [0.2, 0.25) is 11.2 Å². The predicted octanol–water partition coefficient (Wildman–Crippen LogP) is 1.64. The molecule has 0 bridgehead atoms. The summed E-state index contributed by atoms with van der Waals surface area (Å²) in [6.45, 7) is 1.75. The molecule has 0 saturated heterocycles. The molecule has 3 aromatic heterocycles. The number of fused-ring (bicyclic) bond motifs is 2. The number of anilines is 1. The highest BCUT2D eigenvalue weighted by atomic mass is 35.5. The van der Waals surface area contributed by atoms with E-state index in [1.807, 2.05) is 25.1 Å². The second-order valence-electron chi connectivity index (χ2n) is 6.38. The van der Waals surface area contributed by atoms with Crippen LogP contribution in [0.4, 0.5) is 5.13 Å². The smallest absolute Gasteiger partial charge is 0.300 e. The molecule has 4 rings (SSSR count). The molecule has 0 saturated carbocycles. The number of hydrogen-bond acceptors (Lipinski definition) is 6. The molecule has 0 atom stereocenters. The van der Waals surface area contributed by atoms with Crippen LogP contribution in [0.2, 0.25) is 5.28 Å². The molecule has 0 aliphatic heterocycles. The summed E-state index contributed by atoms with van der Waals surface area (Å²) < 4.78 is 4.41. The van der Waals surface area contributed by atoms with Gasteiger partial charge in [0.25, 0.3) is 5.56 Å². The van der Waals surface area contributed by atoms with Gasteiger partial charge in [-0.25, -0.2) is 9.78 Å². The Morgan fingerprint density at radius 3 is 2.71 bits per heavy atom. The molecule has 1 amide bonds. The van der Waals surface area contributed by atoms with Crippen LogP contribution in [-0.4, -0.2) is 29.6 Å². The SMILES string of the molecule is Cc1ccc2nc(NC(=O)Cn3c(Cl)nc4c3c(=O)n(C)c(=O)n4C)sc2c1. The number of aryl methyl sites for hydroxylation is 2. The molecule has 28 heavy (non-hydrogen) atoms. The lowest BCUT2D eigenvalue weighted by Gasteiger charge is -2.07. The minimum absolute atomic E-state index is 0.0524. The Labute approximate surface area is 166 Å². The Balaban J connectivity index is 1.69. The van der Waals surface area contributed by atoms with Crippen molar-refractivity contribution in [2.75, 3.05) is 5.32 Å². The van der Waals surface area contributed by atoms with Crippen LogP contribution in [0, 0.1) is 6.92 Å². The van der Waals surface area contributed by atoms with Crippen molar-refractivity contribution in [2.24, 2.45) is 14.1 Å². The molecule has 0 radical (unpaired) electrons. The van der Waals surface area contributed by atoms with Gasteiger partial charge in [0.15, 0.2) is 16.3 Å². The number of nitrogens with zero attached hydrogens (tertiary/aromatic N) is 5. The third kappa shape index (κ3) is 2.90. The number of aromatic nitrogens is 5. The van der Waals surface area contributed by atoms with E-state index in [0.717, 1.165) is 20.3 Å². The molecular formula is C17H15ClN6O3S. The van der Waals surface area contributed by atoms with E-state index in [4.69, 9.17) is 11.6 Å². The number of carbonyl (C=O) groups is 1. The normalized spacial score (nSPS) is 11.4. The average Bonchev–Trinajstić information content (AvgIpc) is 3.18. The summed E-state index contributed by atoms with van der Waals surface area (Å²) in [4.78, 5) is 45.5. The lowest BCUT2D eigenvalue weighted by atomic mass is 10.2. The average molecular weight is 419 g/mol. The van der Waals surface area contributed by atoms with Gasteiger partial charge in [0, 0.05) is 14.1 Å². The molecule has 0 fully saturated rings. The maximum Gasteiger partial charge on any atom is 0.332 e. The van der Waals surface area contributed by atoms with Crippen molar-refractivity contribution in [3.05, 3.63) is 49.9 Å². The van der Waals surface area contributed by atoms with E-state index in [-0.39, 0.29) is 23.0 Å². The van der Waals surface area contributed by atoms with Crippen LogP contribution in [0.15, 0.2) is 27.8 Å². The van der Waals surface area contributed by atoms with Gasteiger partial charge in [-0.3, -0.25) is 23.3 Å². The van der Waals surface area contributed by atoms with E-state index in [2.05, 4.69) is 15.3 Å². The number of nitrogens with one attached hydrogen (secondary N) is 1. The summed E-state index contributed by atoms with van der Waals surface area (Å²) in [5, 5.41) is 3.12. The minimum Gasteiger partial charge on any atom is -0.300 e. The molecular weight excluding hydrogens is 404 g/mol. The van der Waals surface area contributed by atoms with Crippen molar-refractivity contribution in [1.82, 2.24) is 23.7 Å². The molecule has 0 aliphatic rings. The minimum atomic E-state index is -0.569. The topological polar surface area (TPSA) is 104 Å². The molecule has 9 nitrogen and oxygen atoms in total. The fourth-order valence-corrected chi connectivity index (χ4v) is 4.16. The van der Waals surface area contributed by atoms with E-state index >= 15 is 0 Å². The first-order valence-electron chi connectivity index (χ1n) is 8.25. The van der Waals surface area contributed by atoms with Crippen molar-refractivity contribution >= 4 is 55.4 Å². The van der Waals surface area contributed by atoms with Gasteiger partial charge in [-0.1, -0.05) is 17.4 Å². The Bertz CT molecular complexity index is 1380. The quantitative estimate of drug-likeness (QED) is 0.509. The predicted molar refractivity (Wildman–Crippen MR) is 108 cm³/mol. The third-order valence-electron chi connectivity index (χ3n) is 4.39. The maximum absolute atomic E-state index is 12.5. The van der Waals surface area contributed by atoms with Crippen molar-refractivity contribution < 1.29 is 4.79 Å². The zero-order valence-electron chi connectivity index (χ0n) is 15.2. The van der Waals surface area contributed by atoms with Crippen molar-refractivity contribution in [2.45, 2.75) is 13.5 Å². The van der Waals surface area contributed by atoms with Gasteiger partial charge < -0.3 is 5.32 Å². The molecule has 4 aromatic rings. The Morgan fingerprint density at radius 2 is 1.96 bits per heavy atom. The van der Waals surface area contributed by atoms with Crippen molar-refractivity contribution in [1.29, 1.82) is 0 Å². The summed E-state index contributed by atoms with van der Waals surface area (Å²) in [6, 6.07) is 5.83. The first-order valence-corrected chi connectivity index (χ1v) is 9.44. The van der Waals surface area contributed by atoms with E-state index in [1.165, 1.54) is 34.6 Å². The van der Waals surface area contributed by atoms with Crippen LogP contribution in [0.5, 0.6) is 0 Å². The van der Waals surface area contributed by atoms with E-state index in [9.17, 15) is 14.4 Å². The first-order chi connectivity index (χ1) is 13.3. The fourth-order valence-electron chi connectivity index (χ4n) is 2.95. The highest BCUT2D eigenvalue weighted by Gasteiger charge is 2.20. The van der Waals surface area contributed by atoms with Crippen LogP contribution in [0.3, 0.4) is 0 Å². The van der Waals surface area contributed by atoms with E-state index < -0.39 is 17.2 Å². The molecule has 0 aliphatic carbocycles. The summed E-state index contributed by atoms with van der Waals surface area (Å²) >= 11 is 7.50. The Morgan fingerprint density at radius 1 is 1.21 bits per heavy atom. The highest BCUT2D eigenvalue weighted by molar-refractivity contribution is 7.22. The van der Waals surface area contributed by atoms with Crippen LogP contribution < -0.4 is 16.6 Å². The van der Waals surface area contributed by atoms with Crippen molar-refractivity contribution in [3.63, 3.8) is 0 Å². The second kappa shape index (κ2) is 6.57.